The average molecular weight is 496 g/mol. The van der Waals surface area contributed by atoms with Crippen LogP contribution in [-0.4, -0.2) is 22.9 Å². The van der Waals surface area contributed by atoms with Gasteiger partial charge in [0.05, 0.1) is 12.0 Å². The van der Waals surface area contributed by atoms with Crippen molar-refractivity contribution < 1.29 is 13.9 Å². The van der Waals surface area contributed by atoms with Crippen molar-refractivity contribution in [2.75, 3.05) is 5.75 Å². The van der Waals surface area contributed by atoms with Crippen LogP contribution in [0.2, 0.25) is 0 Å². The minimum Gasteiger partial charge on any atom is -0.489 e. The molecule has 0 aliphatic heterocycles. The first-order valence-corrected chi connectivity index (χ1v) is 11.2. The quantitative estimate of drug-likeness (QED) is 0.201. The van der Waals surface area contributed by atoms with Gasteiger partial charge in [-0.25, -0.2) is 10.4 Å². The van der Waals surface area contributed by atoms with Crippen molar-refractivity contribution in [1.82, 2.24) is 10.4 Å². The van der Waals surface area contributed by atoms with E-state index in [9.17, 15) is 4.79 Å². The van der Waals surface area contributed by atoms with Crippen LogP contribution in [0.1, 0.15) is 11.1 Å². The van der Waals surface area contributed by atoms with Crippen LogP contribution >= 0.6 is 27.7 Å². The normalized spacial score (nSPS) is 11.1. The van der Waals surface area contributed by atoms with Gasteiger partial charge in [0, 0.05) is 4.47 Å². The monoisotopic (exact) mass is 495 g/mol. The number of carbonyl (C=O) groups is 1. The Kier molecular flexibility index (Phi) is 7.01. The largest absolute Gasteiger partial charge is 0.489 e. The Morgan fingerprint density at radius 2 is 1.87 bits per heavy atom. The third kappa shape index (κ3) is 6.19. The number of fused-ring (bicyclic) bond motifs is 1. The summed E-state index contributed by atoms with van der Waals surface area (Å²) in [6.45, 7) is 0.495. The van der Waals surface area contributed by atoms with Crippen LogP contribution in [0.4, 0.5) is 0 Å². The van der Waals surface area contributed by atoms with Gasteiger partial charge < -0.3 is 9.15 Å². The number of hydrogen-bond acceptors (Lipinski definition) is 6. The van der Waals surface area contributed by atoms with Crippen LogP contribution < -0.4 is 10.2 Å². The van der Waals surface area contributed by atoms with Crippen molar-refractivity contribution in [2.45, 2.75) is 11.8 Å². The van der Waals surface area contributed by atoms with Crippen molar-refractivity contribution in [1.29, 1.82) is 0 Å². The highest BCUT2D eigenvalue weighted by Gasteiger charge is 2.08. The molecular formula is C23H18BrN3O3S. The molecule has 0 aliphatic carbocycles. The third-order valence-electron chi connectivity index (χ3n) is 4.20. The Bertz CT molecular complexity index is 1160. The summed E-state index contributed by atoms with van der Waals surface area (Å²) in [7, 11) is 0. The van der Waals surface area contributed by atoms with E-state index in [0.29, 0.717) is 17.4 Å². The van der Waals surface area contributed by atoms with E-state index in [2.05, 4.69) is 31.4 Å². The fourth-order valence-corrected chi connectivity index (χ4v) is 3.54. The lowest BCUT2D eigenvalue weighted by atomic mass is 10.2. The second-order valence-corrected chi connectivity index (χ2v) is 8.36. The first-order chi connectivity index (χ1) is 15.2. The Balaban J connectivity index is 1.21. The number of thioether (sulfide) groups is 1. The Hall–Kier alpha value is -3.10. The van der Waals surface area contributed by atoms with E-state index in [1.807, 2.05) is 72.8 Å². The average Bonchev–Trinajstić information content (AvgIpc) is 3.21. The van der Waals surface area contributed by atoms with Gasteiger partial charge >= 0.3 is 0 Å². The van der Waals surface area contributed by atoms with Gasteiger partial charge in [-0.3, -0.25) is 4.79 Å². The molecule has 8 heteroatoms. The maximum Gasteiger partial charge on any atom is 0.257 e. The molecule has 31 heavy (non-hydrogen) atoms. The van der Waals surface area contributed by atoms with Crippen LogP contribution in [0.3, 0.4) is 0 Å². The molecule has 0 saturated heterocycles. The van der Waals surface area contributed by atoms with E-state index >= 15 is 0 Å². The standard InChI is InChI=1S/C23H18BrN3O3S/c24-18-9-5-17(6-10-18)14-29-19-11-7-16(8-12-19)13-25-27-22(28)15-31-23-26-20-3-1-2-4-21(20)30-23/h1-13H,14-15H2,(H,27,28)/b25-13+. The number of rotatable bonds is 8. The summed E-state index contributed by atoms with van der Waals surface area (Å²) in [6.07, 6.45) is 1.58. The van der Waals surface area contributed by atoms with Gasteiger partial charge in [-0.05, 0) is 59.7 Å². The van der Waals surface area contributed by atoms with Crippen molar-refractivity contribution in [3.63, 3.8) is 0 Å². The zero-order valence-electron chi connectivity index (χ0n) is 16.3. The smallest absolute Gasteiger partial charge is 0.257 e. The highest BCUT2D eigenvalue weighted by atomic mass is 79.9. The third-order valence-corrected chi connectivity index (χ3v) is 5.56. The summed E-state index contributed by atoms with van der Waals surface area (Å²) in [5.74, 6) is 0.685. The molecule has 6 nitrogen and oxygen atoms in total. The molecule has 1 N–H and O–H groups in total. The molecule has 0 atom stereocenters. The van der Waals surface area contributed by atoms with E-state index in [0.717, 1.165) is 26.9 Å². The number of aromatic nitrogens is 1. The number of ether oxygens (including phenoxy) is 1. The fraction of sp³-hybridized carbons (Fsp3) is 0.0870. The van der Waals surface area contributed by atoms with E-state index < -0.39 is 0 Å². The molecule has 0 bridgehead atoms. The molecule has 0 fully saturated rings. The van der Waals surface area contributed by atoms with Crippen LogP contribution in [0.5, 0.6) is 5.75 Å². The lowest BCUT2D eigenvalue weighted by Gasteiger charge is -2.06. The summed E-state index contributed by atoms with van der Waals surface area (Å²) in [4.78, 5) is 16.3. The zero-order chi connectivity index (χ0) is 21.5. The topological polar surface area (TPSA) is 76.7 Å². The number of hydrogen-bond donors (Lipinski definition) is 1. The highest BCUT2D eigenvalue weighted by molar-refractivity contribution is 9.10. The van der Waals surface area contributed by atoms with Crippen molar-refractivity contribution in [3.05, 3.63) is 88.4 Å². The summed E-state index contributed by atoms with van der Waals surface area (Å²) < 4.78 is 12.4. The van der Waals surface area contributed by atoms with Crippen molar-refractivity contribution >= 4 is 50.9 Å². The molecule has 3 aromatic carbocycles. The minimum atomic E-state index is -0.238. The molecule has 4 aromatic rings. The number of halogens is 1. The summed E-state index contributed by atoms with van der Waals surface area (Å²) in [5.41, 5.74) is 5.92. The summed E-state index contributed by atoms with van der Waals surface area (Å²) in [6, 6.07) is 22.9. The molecule has 0 unspecified atom stereocenters. The molecule has 0 aliphatic rings. The van der Waals surface area contributed by atoms with E-state index in [1.165, 1.54) is 11.8 Å². The lowest BCUT2D eigenvalue weighted by molar-refractivity contribution is -0.118. The molecule has 0 spiro atoms. The number of oxazole rings is 1. The molecule has 0 radical (unpaired) electrons. The first-order valence-electron chi connectivity index (χ1n) is 9.43. The molecule has 156 valence electrons. The van der Waals surface area contributed by atoms with Crippen LogP contribution in [-0.2, 0) is 11.4 Å². The van der Waals surface area contributed by atoms with Gasteiger partial charge in [0.2, 0.25) is 0 Å². The van der Waals surface area contributed by atoms with Crippen molar-refractivity contribution in [3.8, 4) is 5.75 Å². The summed E-state index contributed by atoms with van der Waals surface area (Å²) in [5, 5.41) is 4.45. The predicted octanol–water partition coefficient (Wildman–Crippen LogP) is 5.41. The van der Waals surface area contributed by atoms with E-state index in [-0.39, 0.29) is 11.7 Å². The lowest BCUT2D eigenvalue weighted by Crippen LogP contribution is -2.19. The van der Waals surface area contributed by atoms with Gasteiger partial charge in [-0.1, -0.05) is 52.0 Å². The number of nitrogens with one attached hydrogen (secondary N) is 1. The summed E-state index contributed by atoms with van der Waals surface area (Å²) >= 11 is 4.64. The number of amides is 1. The van der Waals surface area contributed by atoms with Gasteiger partial charge in [-0.15, -0.1) is 0 Å². The van der Waals surface area contributed by atoms with Crippen molar-refractivity contribution in [2.24, 2.45) is 5.10 Å². The number of hydrazone groups is 1. The van der Waals surface area contributed by atoms with Gasteiger partial charge in [0.15, 0.2) is 5.58 Å². The molecule has 1 aromatic heterocycles. The molecule has 4 rings (SSSR count). The van der Waals surface area contributed by atoms with Crippen LogP contribution in [0, 0.1) is 0 Å². The molecule has 1 amide bonds. The SMILES string of the molecule is O=C(CSc1nc2ccccc2o1)N/N=C/c1ccc(OCc2ccc(Br)cc2)cc1. The van der Waals surface area contributed by atoms with Gasteiger partial charge in [-0.2, -0.15) is 5.10 Å². The van der Waals surface area contributed by atoms with Crippen LogP contribution in [0.25, 0.3) is 11.1 Å². The number of nitrogens with zero attached hydrogens (tertiary/aromatic N) is 2. The second-order valence-electron chi connectivity index (χ2n) is 6.51. The highest BCUT2D eigenvalue weighted by Crippen LogP contribution is 2.22. The Labute approximate surface area is 191 Å². The van der Waals surface area contributed by atoms with Crippen LogP contribution in [0.15, 0.2) is 92.0 Å². The maximum absolute atomic E-state index is 12.0. The first kappa shape index (κ1) is 21.1. The van der Waals surface area contributed by atoms with Gasteiger partial charge in [0.1, 0.15) is 17.9 Å². The Morgan fingerprint density at radius 3 is 2.65 bits per heavy atom. The molecular weight excluding hydrogens is 478 g/mol. The van der Waals surface area contributed by atoms with E-state index in [4.69, 9.17) is 9.15 Å². The second kappa shape index (κ2) is 10.3. The number of benzene rings is 3. The minimum absolute atomic E-state index is 0.160. The fourth-order valence-electron chi connectivity index (χ4n) is 2.65. The van der Waals surface area contributed by atoms with E-state index in [1.54, 1.807) is 6.21 Å². The number of carbonyl (C=O) groups excluding carboxylic acids is 1. The zero-order valence-corrected chi connectivity index (χ0v) is 18.7. The predicted molar refractivity (Wildman–Crippen MR) is 125 cm³/mol. The maximum atomic E-state index is 12.0. The molecule has 0 saturated carbocycles. The Morgan fingerprint density at radius 1 is 1.10 bits per heavy atom. The molecule has 1 heterocycles. The van der Waals surface area contributed by atoms with Gasteiger partial charge in [0.25, 0.3) is 11.1 Å². The number of para-hydroxylation sites is 2.